The van der Waals surface area contributed by atoms with Gasteiger partial charge in [0.05, 0.1) is 16.1 Å². The molecule has 0 saturated carbocycles. The zero-order chi connectivity index (χ0) is 23.7. The van der Waals surface area contributed by atoms with E-state index in [1.54, 1.807) is 12.3 Å². The number of halogens is 4. The number of aliphatic imine (C=N–C) groups is 1. The van der Waals surface area contributed by atoms with E-state index in [-0.39, 0.29) is 20.8 Å². The van der Waals surface area contributed by atoms with Gasteiger partial charge in [-0.25, -0.2) is 13.2 Å². The molecule has 3 heterocycles. The minimum atomic E-state index is -2.86. The smallest absolute Gasteiger partial charge is 0.266 e. The summed E-state index contributed by atoms with van der Waals surface area (Å²) in [7, 11) is 0. The standard InChI is InChI=1S/C22H13ClF3N3O3S/c23-21-11(2-1-10-3-12-4-13(30)6-15(12)27-9-10)5-17(33-21)22(32)29-19-7-14(24)20(31)16(28-19)8-18(25)26/h3,5,7,9,16,18H,4,6,8H2,(H,28,29,32). The molecule has 6 nitrogen and oxygen atoms in total. The number of nitrogens with one attached hydrogen (secondary N) is 1. The second kappa shape index (κ2) is 9.29. The van der Waals surface area contributed by atoms with Crippen LogP contribution in [0.1, 0.15) is 38.5 Å². The topological polar surface area (TPSA) is 88.5 Å². The Bertz CT molecular complexity index is 1310. The van der Waals surface area contributed by atoms with Crippen molar-refractivity contribution in [3.8, 4) is 11.8 Å². The highest BCUT2D eigenvalue weighted by molar-refractivity contribution is 7.18. The first kappa shape index (κ1) is 22.9. The van der Waals surface area contributed by atoms with Crippen molar-refractivity contribution >= 4 is 46.2 Å². The van der Waals surface area contributed by atoms with Crippen molar-refractivity contribution in [3.63, 3.8) is 0 Å². The largest absolute Gasteiger partial charge is 0.306 e. The quantitative estimate of drug-likeness (QED) is 0.666. The van der Waals surface area contributed by atoms with Crippen LogP contribution in [0.5, 0.6) is 0 Å². The first-order chi connectivity index (χ1) is 15.7. The predicted octanol–water partition coefficient (Wildman–Crippen LogP) is 3.45. The number of pyridine rings is 1. The van der Waals surface area contributed by atoms with E-state index in [4.69, 9.17) is 11.6 Å². The van der Waals surface area contributed by atoms with E-state index < -0.39 is 36.4 Å². The summed E-state index contributed by atoms with van der Waals surface area (Å²) in [5, 5.41) is 2.30. The normalized spacial score (nSPS) is 17.3. The molecule has 0 aromatic carbocycles. The van der Waals surface area contributed by atoms with Gasteiger partial charge in [0.15, 0.2) is 5.83 Å². The Morgan fingerprint density at radius 1 is 1.27 bits per heavy atom. The van der Waals surface area contributed by atoms with E-state index in [0.29, 0.717) is 30.0 Å². The number of hydrogen-bond acceptors (Lipinski definition) is 6. The van der Waals surface area contributed by atoms with Crippen molar-refractivity contribution in [2.75, 3.05) is 0 Å². The molecule has 0 fully saturated rings. The number of aromatic nitrogens is 1. The number of amides is 1. The van der Waals surface area contributed by atoms with Gasteiger partial charge in [-0.3, -0.25) is 24.4 Å². The van der Waals surface area contributed by atoms with E-state index in [0.717, 1.165) is 22.6 Å². The first-order valence-electron chi connectivity index (χ1n) is 9.59. The number of dihydropyridines is 1. The summed E-state index contributed by atoms with van der Waals surface area (Å²) in [6.07, 6.45) is -0.926. The summed E-state index contributed by atoms with van der Waals surface area (Å²) >= 11 is 7.09. The molecule has 168 valence electrons. The fourth-order valence-electron chi connectivity index (χ4n) is 3.28. The zero-order valence-electron chi connectivity index (χ0n) is 16.6. The van der Waals surface area contributed by atoms with Gasteiger partial charge in [-0.15, -0.1) is 11.3 Å². The van der Waals surface area contributed by atoms with Crippen molar-refractivity contribution in [3.05, 3.63) is 61.8 Å². The molecule has 0 spiro atoms. The molecule has 2 aliphatic rings. The number of fused-ring (bicyclic) bond motifs is 1. The zero-order valence-corrected chi connectivity index (χ0v) is 18.2. The average molecular weight is 492 g/mol. The Hall–Kier alpha value is -3.29. The minimum absolute atomic E-state index is 0.0985. The molecule has 0 bridgehead atoms. The van der Waals surface area contributed by atoms with Gasteiger partial charge in [0.1, 0.15) is 22.0 Å². The van der Waals surface area contributed by atoms with Crippen LogP contribution in [-0.2, 0) is 22.4 Å². The lowest BCUT2D eigenvalue weighted by atomic mass is 10.1. The monoisotopic (exact) mass is 491 g/mol. The maximum absolute atomic E-state index is 13.8. The van der Waals surface area contributed by atoms with Crippen molar-refractivity contribution < 1.29 is 27.6 Å². The Balaban J connectivity index is 1.49. The lowest BCUT2D eigenvalue weighted by Gasteiger charge is -2.16. The highest BCUT2D eigenvalue weighted by Gasteiger charge is 2.30. The van der Waals surface area contributed by atoms with E-state index in [2.05, 4.69) is 27.1 Å². The number of carbonyl (C=O) groups is 3. The molecule has 1 atom stereocenters. The molecule has 1 unspecified atom stereocenters. The minimum Gasteiger partial charge on any atom is -0.306 e. The number of hydrogen-bond donors (Lipinski definition) is 1. The highest BCUT2D eigenvalue weighted by atomic mass is 35.5. The maximum Gasteiger partial charge on any atom is 0.266 e. The van der Waals surface area contributed by atoms with Gasteiger partial charge in [-0.1, -0.05) is 23.4 Å². The van der Waals surface area contributed by atoms with Gasteiger partial charge < -0.3 is 5.32 Å². The Labute approximate surface area is 194 Å². The first-order valence-corrected chi connectivity index (χ1v) is 10.8. The lowest BCUT2D eigenvalue weighted by molar-refractivity contribution is -0.119. The van der Waals surface area contributed by atoms with Crippen LogP contribution in [0.25, 0.3) is 0 Å². The maximum atomic E-state index is 13.8. The molecule has 0 saturated heterocycles. The summed E-state index contributed by atoms with van der Waals surface area (Å²) in [4.78, 5) is 43.7. The molecule has 4 rings (SSSR count). The number of Topliss-reactive ketones (excluding diaryl/α,β-unsaturated/α-hetero) is 2. The third kappa shape index (κ3) is 5.21. The molecule has 2 aromatic rings. The summed E-state index contributed by atoms with van der Waals surface area (Å²) in [5.41, 5.74) is 2.53. The van der Waals surface area contributed by atoms with Crippen molar-refractivity contribution in [2.24, 2.45) is 4.99 Å². The summed E-state index contributed by atoms with van der Waals surface area (Å²) in [5.74, 6) is 2.38. The molecular weight excluding hydrogens is 479 g/mol. The van der Waals surface area contributed by atoms with Crippen LogP contribution in [0.2, 0.25) is 4.34 Å². The second-order valence-electron chi connectivity index (χ2n) is 7.24. The van der Waals surface area contributed by atoms with Crippen molar-refractivity contribution in [2.45, 2.75) is 31.7 Å². The van der Waals surface area contributed by atoms with Gasteiger partial charge in [-0.05, 0) is 17.7 Å². The Kier molecular flexibility index (Phi) is 6.44. The van der Waals surface area contributed by atoms with E-state index in [9.17, 15) is 27.6 Å². The van der Waals surface area contributed by atoms with E-state index in [1.165, 1.54) is 6.07 Å². The number of alkyl halides is 2. The van der Waals surface area contributed by atoms with Crippen molar-refractivity contribution in [1.82, 2.24) is 10.3 Å². The summed E-state index contributed by atoms with van der Waals surface area (Å²) < 4.78 is 39.2. The molecule has 11 heteroatoms. The average Bonchev–Trinajstić information content (AvgIpc) is 3.30. The van der Waals surface area contributed by atoms with Gasteiger partial charge in [0.2, 0.25) is 12.2 Å². The molecule has 33 heavy (non-hydrogen) atoms. The molecule has 1 aliphatic carbocycles. The molecule has 1 amide bonds. The second-order valence-corrected chi connectivity index (χ2v) is 8.89. The predicted molar refractivity (Wildman–Crippen MR) is 115 cm³/mol. The number of ketones is 2. The summed E-state index contributed by atoms with van der Waals surface area (Å²) in [6.45, 7) is 0. The highest BCUT2D eigenvalue weighted by Crippen LogP contribution is 2.27. The number of rotatable bonds is 3. The van der Waals surface area contributed by atoms with Crippen LogP contribution < -0.4 is 5.32 Å². The van der Waals surface area contributed by atoms with Gasteiger partial charge in [0, 0.05) is 37.1 Å². The van der Waals surface area contributed by atoms with Crippen LogP contribution in [0.3, 0.4) is 0 Å². The van der Waals surface area contributed by atoms with Crippen LogP contribution in [-0.4, -0.2) is 40.8 Å². The summed E-state index contributed by atoms with van der Waals surface area (Å²) in [6, 6.07) is 1.60. The molecule has 1 aliphatic heterocycles. The van der Waals surface area contributed by atoms with E-state index in [1.807, 2.05) is 0 Å². The van der Waals surface area contributed by atoms with E-state index >= 15 is 0 Å². The third-order valence-electron chi connectivity index (χ3n) is 4.80. The van der Waals surface area contributed by atoms with Gasteiger partial charge >= 0.3 is 0 Å². The number of thiophene rings is 1. The van der Waals surface area contributed by atoms with Crippen LogP contribution >= 0.6 is 22.9 Å². The molecular formula is C22H13ClF3N3O3S. The molecule has 0 radical (unpaired) electrons. The van der Waals surface area contributed by atoms with Crippen LogP contribution in [0.15, 0.2) is 35.2 Å². The Morgan fingerprint density at radius 3 is 2.82 bits per heavy atom. The van der Waals surface area contributed by atoms with Gasteiger partial charge in [0.25, 0.3) is 5.91 Å². The molecule has 2 aromatic heterocycles. The van der Waals surface area contributed by atoms with Gasteiger partial charge in [-0.2, -0.15) is 0 Å². The SMILES string of the molecule is O=C1Cc2cc(C#Cc3cc(C(=O)NC4=NC(CC(F)F)C(=O)C(F)=C4)sc3Cl)cnc2C1. The lowest BCUT2D eigenvalue weighted by Crippen LogP contribution is -2.35. The fraction of sp³-hybridized carbons (Fsp3) is 0.227. The van der Waals surface area contributed by atoms with Crippen molar-refractivity contribution in [1.29, 1.82) is 0 Å². The van der Waals surface area contributed by atoms with Crippen LogP contribution in [0, 0.1) is 11.8 Å². The number of carbonyl (C=O) groups excluding carboxylic acids is 3. The fourth-order valence-corrected chi connectivity index (χ4v) is 4.36. The number of nitrogens with zero attached hydrogens (tertiary/aromatic N) is 2. The number of amidine groups is 1. The van der Waals surface area contributed by atoms with Crippen LogP contribution in [0.4, 0.5) is 13.2 Å². The molecule has 1 N–H and O–H groups in total. The third-order valence-corrected chi connectivity index (χ3v) is 6.16. The Morgan fingerprint density at radius 2 is 2.06 bits per heavy atom.